The lowest BCUT2D eigenvalue weighted by atomic mass is 10.1. The Bertz CT molecular complexity index is 769. The molecule has 0 radical (unpaired) electrons. The Balaban J connectivity index is 2.16. The third kappa shape index (κ3) is 4.40. The van der Waals surface area contributed by atoms with Crippen LogP contribution in [0.3, 0.4) is 0 Å². The molecule has 0 saturated carbocycles. The van der Waals surface area contributed by atoms with Crippen molar-refractivity contribution < 1.29 is 18.3 Å². The van der Waals surface area contributed by atoms with E-state index in [0.717, 1.165) is 5.56 Å². The van der Waals surface area contributed by atoms with Crippen LogP contribution in [0.4, 0.5) is 0 Å². The predicted molar refractivity (Wildman–Crippen MR) is 84.4 cm³/mol. The summed E-state index contributed by atoms with van der Waals surface area (Å²) >= 11 is 0. The van der Waals surface area contributed by atoms with Crippen molar-refractivity contribution in [2.75, 3.05) is 0 Å². The van der Waals surface area contributed by atoms with Gasteiger partial charge in [-0.25, -0.2) is 8.42 Å². The van der Waals surface area contributed by atoms with Crippen molar-refractivity contribution in [2.45, 2.75) is 31.3 Å². The topological polar surface area (TPSA) is 101 Å². The molecule has 7 nitrogen and oxygen atoms in total. The molecule has 1 aromatic carbocycles. The monoisotopic (exact) mass is 337 g/mol. The molecule has 1 aromatic heterocycles. The number of nitrogens with zero attached hydrogens (tertiary/aromatic N) is 2. The first kappa shape index (κ1) is 17.2. The Morgan fingerprint density at radius 1 is 1.30 bits per heavy atom. The molecule has 124 valence electrons. The van der Waals surface area contributed by atoms with Gasteiger partial charge < -0.3 is 5.11 Å². The van der Waals surface area contributed by atoms with Crippen LogP contribution in [0.1, 0.15) is 19.4 Å². The van der Waals surface area contributed by atoms with Gasteiger partial charge >= 0.3 is 5.97 Å². The van der Waals surface area contributed by atoms with Crippen molar-refractivity contribution in [3.05, 3.63) is 48.3 Å². The first-order valence-electron chi connectivity index (χ1n) is 7.11. The average molecular weight is 337 g/mol. The maximum atomic E-state index is 12.3. The Labute approximate surface area is 135 Å². The van der Waals surface area contributed by atoms with Crippen molar-refractivity contribution in [1.29, 1.82) is 0 Å². The lowest BCUT2D eigenvalue weighted by Crippen LogP contribution is -2.44. The summed E-state index contributed by atoms with van der Waals surface area (Å²) in [5, 5.41) is 13.1. The van der Waals surface area contributed by atoms with Gasteiger partial charge in [-0.05, 0) is 11.5 Å². The van der Waals surface area contributed by atoms with E-state index < -0.39 is 22.0 Å². The highest BCUT2D eigenvalue weighted by molar-refractivity contribution is 7.89. The van der Waals surface area contributed by atoms with Crippen molar-refractivity contribution in [3.8, 4) is 0 Å². The molecule has 1 atom stereocenters. The largest absolute Gasteiger partial charge is 0.480 e. The molecule has 0 amide bonds. The molecular weight excluding hydrogens is 318 g/mol. The van der Waals surface area contributed by atoms with E-state index in [0.29, 0.717) is 6.54 Å². The molecule has 0 bridgehead atoms. The highest BCUT2D eigenvalue weighted by Gasteiger charge is 2.28. The third-order valence-corrected chi connectivity index (χ3v) is 4.72. The Morgan fingerprint density at radius 3 is 2.52 bits per heavy atom. The molecule has 0 unspecified atom stereocenters. The molecule has 23 heavy (non-hydrogen) atoms. The maximum Gasteiger partial charge on any atom is 0.322 e. The minimum Gasteiger partial charge on any atom is -0.480 e. The van der Waals surface area contributed by atoms with Crippen molar-refractivity contribution >= 4 is 16.0 Å². The number of nitrogens with one attached hydrogen (secondary N) is 1. The fraction of sp³-hybridized carbons (Fsp3) is 0.333. The zero-order valence-electron chi connectivity index (χ0n) is 12.9. The molecule has 1 heterocycles. The SMILES string of the molecule is CC(C)[C@H](NS(=O)(=O)c1cnn(Cc2ccccc2)c1)C(=O)O. The van der Waals surface area contributed by atoms with Crippen LogP contribution in [-0.4, -0.2) is 35.3 Å². The zero-order valence-corrected chi connectivity index (χ0v) is 13.7. The first-order valence-corrected chi connectivity index (χ1v) is 8.59. The van der Waals surface area contributed by atoms with Gasteiger partial charge in [-0.3, -0.25) is 9.48 Å². The van der Waals surface area contributed by atoms with E-state index in [-0.39, 0.29) is 10.8 Å². The molecule has 2 N–H and O–H groups in total. The van der Waals surface area contributed by atoms with Gasteiger partial charge in [0.1, 0.15) is 10.9 Å². The van der Waals surface area contributed by atoms with Crippen LogP contribution < -0.4 is 4.72 Å². The van der Waals surface area contributed by atoms with Crippen LogP contribution in [0.15, 0.2) is 47.6 Å². The average Bonchev–Trinajstić information content (AvgIpc) is 2.95. The molecule has 8 heteroatoms. The lowest BCUT2D eigenvalue weighted by molar-refractivity contribution is -0.140. The molecular formula is C15H19N3O4S. The summed E-state index contributed by atoms with van der Waals surface area (Å²) in [5.74, 6) is -1.58. The van der Waals surface area contributed by atoms with Gasteiger partial charge in [0.25, 0.3) is 0 Å². The van der Waals surface area contributed by atoms with Gasteiger partial charge in [-0.2, -0.15) is 9.82 Å². The number of aromatic nitrogens is 2. The van der Waals surface area contributed by atoms with Gasteiger partial charge in [-0.1, -0.05) is 44.2 Å². The van der Waals surface area contributed by atoms with Crippen LogP contribution in [0.2, 0.25) is 0 Å². The third-order valence-electron chi connectivity index (χ3n) is 3.32. The fourth-order valence-electron chi connectivity index (χ4n) is 2.05. The summed E-state index contributed by atoms with van der Waals surface area (Å²) in [6, 6.07) is 8.30. The number of aliphatic carboxylic acids is 1. The second-order valence-electron chi connectivity index (χ2n) is 5.54. The van der Waals surface area contributed by atoms with Crippen molar-refractivity contribution in [1.82, 2.24) is 14.5 Å². The van der Waals surface area contributed by atoms with E-state index in [1.165, 1.54) is 17.1 Å². The Kier molecular flexibility index (Phi) is 5.17. The van der Waals surface area contributed by atoms with Crippen LogP contribution in [0, 0.1) is 5.92 Å². The second kappa shape index (κ2) is 6.93. The van der Waals surface area contributed by atoms with Crippen molar-refractivity contribution in [2.24, 2.45) is 5.92 Å². The number of rotatable bonds is 7. The maximum absolute atomic E-state index is 12.3. The fourth-order valence-corrected chi connectivity index (χ4v) is 3.34. The number of carbonyl (C=O) groups is 1. The van der Waals surface area contributed by atoms with E-state index in [4.69, 9.17) is 5.11 Å². The summed E-state index contributed by atoms with van der Waals surface area (Å²) in [5.41, 5.74) is 0.984. The zero-order chi connectivity index (χ0) is 17.0. The molecule has 0 fully saturated rings. The Hall–Kier alpha value is -2.19. The summed E-state index contributed by atoms with van der Waals surface area (Å²) in [6.07, 6.45) is 2.60. The number of carboxylic acid groups (broad SMARTS) is 1. The standard InChI is InChI=1S/C15H19N3O4S/c1-11(2)14(15(19)20)17-23(21,22)13-8-16-18(10-13)9-12-6-4-3-5-7-12/h3-8,10-11,14,17H,9H2,1-2H3,(H,19,20)/t14-/m0/s1. The highest BCUT2D eigenvalue weighted by atomic mass is 32.2. The number of sulfonamides is 1. The second-order valence-corrected chi connectivity index (χ2v) is 7.25. The molecule has 0 aliphatic rings. The van der Waals surface area contributed by atoms with E-state index in [9.17, 15) is 13.2 Å². The van der Waals surface area contributed by atoms with E-state index in [1.54, 1.807) is 13.8 Å². The minimum absolute atomic E-state index is 0.0552. The smallest absolute Gasteiger partial charge is 0.322 e. The van der Waals surface area contributed by atoms with Crippen LogP contribution >= 0.6 is 0 Å². The minimum atomic E-state index is -3.94. The quantitative estimate of drug-likeness (QED) is 0.793. The number of hydrogen-bond acceptors (Lipinski definition) is 4. The normalized spacial score (nSPS) is 13.2. The molecule has 0 spiro atoms. The molecule has 0 aliphatic heterocycles. The van der Waals surface area contributed by atoms with Gasteiger partial charge in [0, 0.05) is 6.20 Å². The summed E-state index contributed by atoms with van der Waals surface area (Å²) in [6.45, 7) is 3.71. The molecule has 2 aromatic rings. The summed E-state index contributed by atoms with van der Waals surface area (Å²) < 4.78 is 28.3. The predicted octanol–water partition coefficient (Wildman–Crippen LogP) is 1.32. The first-order chi connectivity index (χ1) is 10.8. The van der Waals surface area contributed by atoms with E-state index >= 15 is 0 Å². The van der Waals surface area contributed by atoms with Gasteiger partial charge in [0.05, 0.1) is 12.7 Å². The molecule has 0 aliphatic carbocycles. The Morgan fingerprint density at radius 2 is 1.96 bits per heavy atom. The molecule has 0 saturated heterocycles. The van der Waals surface area contributed by atoms with Gasteiger partial charge in [-0.15, -0.1) is 0 Å². The lowest BCUT2D eigenvalue weighted by Gasteiger charge is -2.17. The van der Waals surface area contributed by atoms with Crippen LogP contribution in [0.25, 0.3) is 0 Å². The highest BCUT2D eigenvalue weighted by Crippen LogP contribution is 2.12. The van der Waals surface area contributed by atoms with Crippen molar-refractivity contribution in [3.63, 3.8) is 0 Å². The van der Waals surface area contributed by atoms with Crippen LogP contribution in [0.5, 0.6) is 0 Å². The number of benzene rings is 1. The van der Waals surface area contributed by atoms with Gasteiger partial charge in [0.15, 0.2) is 0 Å². The van der Waals surface area contributed by atoms with Crippen LogP contribution in [-0.2, 0) is 21.4 Å². The van der Waals surface area contributed by atoms with E-state index in [1.807, 2.05) is 30.3 Å². The number of carboxylic acids is 1. The van der Waals surface area contributed by atoms with Gasteiger partial charge in [0.2, 0.25) is 10.0 Å². The van der Waals surface area contributed by atoms with E-state index in [2.05, 4.69) is 9.82 Å². The summed E-state index contributed by atoms with van der Waals surface area (Å²) in [7, 11) is -3.94. The molecule has 2 rings (SSSR count). The number of hydrogen-bond donors (Lipinski definition) is 2. The summed E-state index contributed by atoms with van der Waals surface area (Å²) in [4.78, 5) is 11.1.